The van der Waals surface area contributed by atoms with Gasteiger partial charge >= 0.3 is 0 Å². The van der Waals surface area contributed by atoms with Gasteiger partial charge in [-0.25, -0.2) is 12.8 Å². The van der Waals surface area contributed by atoms with Gasteiger partial charge in [0.15, 0.2) is 0 Å². The minimum Gasteiger partial charge on any atom is -0.384 e. The van der Waals surface area contributed by atoms with Crippen LogP contribution in [0.2, 0.25) is 0 Å². The average Bonchev–Trinajstić information content (AvgIpc) is 2.46. The summed E-state index contributed by atoms with van der Waals surface area (Å²) in [5, 5.41) is 8.71. The lowest BCUT2D eigenvalue weighted by molar-refractivity contribution is 0.346. The minimum atomic E-state index is -3.66. The van der Waals surface area contributed by atoms with Gasteiger partial charge in [-0.15, -0.1) is 0 Å². The summed E-state index contributed by atoms with van der Waals surface area (Å²) in [6, 6.07) is 3.43. The van der Waals surface area contributed by atoms with Crippen LogP contribution < -0.4 is 0 Å². The molecule has 1 heterocycles. The molecule has 0 radical (unpaired) electrons. The van der Waals surface area contributed by atoms with Crippen molar-refractivity contribution < 1.29 is 17.9 Å². The molecule has 0 aromatic heterocycles. The number of benzene rings is 1. The Morgan fingerprint density at radius 3 is 2.60 bits per heavy atom. The van der Waals surface area contributed by atoms with E-state index in [4.69, 9.17) is 5.11 Å². The molecule has 1 aliphatic rings. The van der Waals surface area contributed by atoms with Gasteiger partial charge in [-0.05, 0) is 31.0 Å². The highest BCUT2D eigenvalue weighted by molar-refractivity contribution is 7.89. The molecule has 0 amide bonds. The summed E-state index contributed by atoms with van der Waals surface area (Å²) in [5.41, 5.74) is 0.0876. The van der Waals surface area contributed by atoms with E-state index in [1.165, 1.54) is 10.4 Å². The van der Waals surface area contributed by atoms with Crippen LogP contribution >= 0.6 is 0 Å². The Morgan fingerprint density at radius 2 is 1.95 bits per heavy atom. The van der Waals surface area contributed by atoms with Crippen molar-refractivity contribution in [2.45, 2.75) is 24.2 Å². The molecular weight excluding hydrogens is 281 g/mol. The zero-order chi connectivity index (χ0) is 14.6. The van der Waals surface area contributed by atoms with Crippen molar-refractivity contribution >= 4 is 10.0 Å². The monoisotopic (exact) mass is 297 g/mol. The summed E-state index contributed by atoms with van der Waals surface area (Å²) in [7, 11) is -3.66. The maximum atomic E-state index is 13.3. The van der Waals surface area contributed by atoms with E-state index in [1.54, 1.807) is 0 Å². The van der Waals surface area contributed by atoms with Crippen LogP contribution in [-0.4, -0.2) is 37.5 Å². The number of hydrogen-bond acceptors (Lipinski definition) is 3. The van der Waals surface area contributed by atoms with E-state index in [0.717, 1.165) is 31.4 Å². The van der Waals surface area contributed by atoms with Gasteiger partial charge in [0, 0.05) is 18.7 Å². The number of sulfonamides is 1. The Balaban J connectivity index is 2.45. The topological polar surface area (TPSA) is 57.6 Å². The van der Waals surface area contributed by atoms with Crippen LogP contribution in [0.3, 0.4) is 0 Å². The Morgan fingerprint density at radius 1 is 1.25 bits per heavy atom. The average molecular weight is 297 g/mol. The molecule has 0 saturated carbocycles. The fourth-order valence-electron chi connectivity index (χ4n) is 2.20. The fourth-order valence-corrected chi connectivity index (χ4v) is 3.85. The first kappa shape index (κ1) is 15.0. The molecular formula is C14H16FNO3S. The van der Waals surface area contributed by atoms with E-state index >= 15 is 0 Å². The van der Waals surface area contributed by atoms with E-state index in [-0.39, 0.29) is 10.5 Å². The minimum absolute atomic E-state index is 0.00162. The Bertz CT molecular complexity index is 640. The van der Waals surface area contributed by atoms with E-state index in [2.05, 4.69) is 11.8 Å². The van der Waals surface area contributed by atoms with Crippen LogP contribution in [0, 0.1) is 17.7 Å². The molecule has 1 aliphatic heterocycles. The predicted molar refractivity (Wildman–Crippen MR) is 73.0 cm³/mol. The van der Waals surface area contributed by atoms with Gasteiger partial charge in [0.2, 0.25) is 10.0 Å². The smallest absolute Gasteiger partial charge is 0.244 e. The number of halogens is 1. The molecule has 0 atom stereocenters. The van der Waals surface area contributed by atoms with E-state index in [1.807, 2.05) is 0 Å². The third-order valence-electron chi connectivity index (χ3n) is 3.18. The summed E-state index contributed by atoms with van der Waals surface area (Å²) in [6.45, 7) is 0.554. The highest BCUT2D eigenvalue weighted by atomic mass is 32.2. The van der Waals surface area contributed by atoms with Crippen molar-refractivity contribution in [1.82, 2.24) is 4.31 Å². The SMILES string of the molecule is O=S(=O)(c1ccc(F)cc1C#CCO)N1CCCCC1. The van der Waals surface area contributed by atoms with Gasteiger partial charge in [-0.3, -0.25) is 0 Å². The first-order valence-electron chi connectivity index (χ1n) is 6.45. The highest BCUT2D eigenvalue weighted by Crippen LogP contribution is 2.23. The number of aliphatic hydroxyl groups excluding tert-OH is 1. The lowest BCUT2D eigenvalue weighted by Gasteiger charge is -2.26. The second-order valence-electron chi connectivity index (χ2n) is 4.57. The maximum Gasteiger partial charge on any atom is 0.244 e. The first-order chi connectivity index (χ1) is 9.55. The molecule has 1 N–H and O–H groups in total. The molecule has 6 heteroatoms. The summed E-state index contributed by atoms with van der Waals surface area (Å²) >= 11 is 0. The van der Waals surface area contributed by atoms with Crippen LogP contribution in [0.5, 0.6) is 0 Å². The standard InChI is InChI=1S/C14H16FNO3S/c15-13-6-7-14(12(11-13)5-4-10-17)20(18,19)16-8-2-1-3-9-16/h6-7,11,17H,1-3,8-10H2. The van der Waals surface area contributed by atoms with Crippen LogP contribution in [0.4, 0.5) is 4.39 Å². The van der Waals surface area contributed by atoms with E-state index in [9.17, 15) is 12.8 Å². The van der Waals surface area contributed by atoms with Gasteiger partial charge < -0.3 is 5.11 Å². The lowest BCUT2D eigenvalue weighted by Crippen LogP contribution is -2.36. The number of nitrogens with zero attached hydrogens (tertiary/aromatic N) is 1. The molecule has 1 fully saturated rings. The Kier molecular flexibility index (Phi) is 4.76. The third-order valence-corrected chi connectivity index (χ3v) is 5.13. The normalized spacial score (nSPS) is 16.5. The maximum absolute atomic E-state index is 13.3. The van der Waals surface area contributed by atoms with Crippen molar-refractivity contribution in [2.75, 3.05) is 19.7 Å². The molecule has 1 aromatic carbocycles. The quantitative estimate of drug-likeness (QED) is 0.838. The van der Waals surface area contributed by atoms with Crippen LogP contribution in [0.15, 0.2) is 23.1 Å². The predicted octanol–water partition coefficient (Wildman–Crippen LogP) is 1.34. The molecule has 0 spiro atoms. The second-order valence-corrected chi connectivity index (χ2v) is 6.47. The van der Waals surface area contributed by atoms with Crippen LogP contribution in [-0.2, 0) is 10.0 Å². The third kappa shape index (κ3) is 3.18. The molecule has 20 heavy (non-hydrogen) atoms. The Labute approximate surface area is 118 Å². The summed E-state index contributed by atoms with van der Waals surface area (Å²) in [4.78, 5) is 0.00162. The van der Waals surface area contributed by atoms with Crippen molar-refractivity contribution in [1.29, 1.82) is 0 Å². The molecule has 1 saturated heterocycles. The molecule has 0 bridgehead atoms. The fraction of sp³-hybridized carbons (Fsp3) is 0.429. The van der Waals surface area contributed by atoms with E-state index in [0.29, 0.717) is 13.1 Å². The van der Waals surface area contributed by atoms with Crippen LogP contribution in [0.25, 0.3) is 0 Å². The van der Waals surface area contributed by atoms with E-state index < -0.39 is 22.4 Å². The molecule has 1 aromatic rings. The number of rotatable bonds is 2. The zero-order valence-electron chi connectivity index (χ0n) is 11.0. The van der Waals surface area contributed by atoms with Crippen molar-refractivity contribution in [3.63, 3.8) is 0 Å². The van der Waals surface area contributed by atoms with Crippen LogP contribution in [0.1, 0.15) is 24.8 Å². The molecule has 108 valence electrons. The van der Waals surface area contributed by atoms with Gasteiger partial charge in [0.05, 0.1) is 4.90 Å². The lowest BCUT2D eigenvalue weighted by atomic mass is 10.2. The van der Waals surface area contributed by atoms with Gasteiger partial charge in [-0.1, -0.05) is 18.3 Å². The van der Waals surface area contributed by atoms with Gasteiger partial charge in [-0.2, -0.15) is 4.31 Å². The Hall–Kier alpha value is -1.42. The second kappa shape index (κ2) is 6.35. The molecule has 2 rings (SSSR count). The highest BCUT2D eigenvalue weighted by Gasteiger charge is 2.27. The summed E-state index contributed by atoms with van der Waals surface area (Å²) in [6.07, 6.45) is 2.68. The number of aliphatic hydroxyl groups is 1. The number of hydrogen-bond donors (Lipinski definition) is 1. The van der Waals surface area contributed by atoms with Crippen molar-refractivity contribution in [3.8, 4) is 11.8 Å². The first-order valence-corrected chi connectivity index (χ1v) is 7.89. The molecule has 0 unspecified atom stereocenters. The zero-order valence-corrected chi connectivity index (χ0v) is 11.8. The summed E-state index contributed by atoms with van der Waals surface area (Å²) in [5.74, 6) is 4.32. The van der Waals surface area contributed by atoms with Gasteiger partial charge in [0.25, 0.3) is 0 Å². The molecule has 4 nitrogen and oxygen atoms in total. The summed E-state index contributed by atoms with van der Waals surface area (Å²) < 4.78 is 39.8. The molecule has 0 aliphatic carbocycles. The van der Waals surface area contributed by atoms with Crippen molar-refractivity contribution in [2.24, 2.45) is 0 Å². The van der Waals surface area contributed by atoms with Gasteiger partial charge in [0.1, 0.15) is 12.4 Å². The van der Waals surface area contributed by atoms with Crippen molar-refractivity contribution in [3.05, 3.63) is 29.6 Å². The number of piperidine rings is 1. The largest absolute Gasteiger partial charge is 0.384 e.